The number of hydrogen-bond acceptors (Lipinski definition) is 2. The van der Waals surface area contributed by atoms with Gasteiger partial charge in [0.05, 0.1) is 6.61 Å². The summed E-state index contributed by atoms with van der Waals surface area (Å²) >= 11 is 5.78. The first-order valence-corrected chi connectivity index (χ1v) is 6.16. The van der Waals surface area contributed by atoms with Crippen molar-refractivity contribution in [3.8, 4) is 0 Å². The summed E-state index contributed by atoms with van der Waals surface area (Å²) in [6.45, 7) is 2.35. The van der Waals surface area contributed by atoms with Crippen LogP contribution in [0.2, 0.25) is 0 Å². The van der Waals surface area contributed by atoms with Crippen molar-refractivity contribution in [2.45, 2.75) is 25.1 Å². The molecule has 1 aromatic carbocycles. The maximum Gasteiger partial charge on any atom is 0.330 e. The molecule has 2 nitrogen and oxygen atoms in total. The highest BCUT2D eigenvalue weighted by Gasteiger charge is 1.99. The average Bonchev–Trinajstić information content (AvgIpc) is 2.33. The molecule has 3 heteroatoms. The highest BCUT2D eigenvalue weighted by atomic mass is 35.5. The fourth-order valence-electron chi connectivity index (χ4n) is 1.31. The molecule has 0 bridgehead atoms. The van der Waals surface area contributed by atoms with Gasteiger partial charge in [-0.15, -0.1) is 11.6 Å². The Morgan fingerprint density at radius 1 is 1.41 bits per heavy atom. The summed E-state index contributed by atoms with van der Waals surface area (Å²) in [4.78, 5) is 11.3. The van der Waals surface area contributed by atoms with Gasteiger partial charge in [0.15, 0.2) is 0 Å². The predicted molar refractivity (Wildman–Crippen MR) is 71.0 cm³/mol. The van der Waals surface area contributed by atoms with Crippen LogP contribution in [0, 0.1) is 0 Å². The SMILES string of the molecule is CC(Cl)CCCOC(=O)/C=C/c1ccccc1. The van der Waals surface area contributed by atoms with E-state index in [-0.39, 0.29) is 11.3 Å². The Bertz CT molecular complexity index is 358. The van der Waals surface area contributed by atoms with Gasteiger partial charge in [-0.2, -0.15) is 0 Å². The third-order valence-electron chi connectivity index (χ3n) is 2.20. The molecule has 17 heavy (non-hydrogen) atoms. The molecule has 0 aliphatic heterocycles. The van der Waals surface area contributed by atoms with Crippen molar-refractivity contribution >= 4 is 23.6 Å². The minimum absolute atomic E-state index is 0.133. The molecule has 1 atom stereocenters. The van der Waals surface area contributed by atoms with E-state index < -0.39 is 0 Å². The van der Waals surface area contributed by atoms with E-state index in [1.165, 1.54) is 6.08 Å². The number of hydrogen-bond donors (Lipinski definition) is 0. The molecular formula is C14H17ClO2. The van der Waals surface area contributed by atoms with Crippen LogP contribution in [0.25, 0.3) is 6.08 Å². The van der Waals surface area contributed by atoms with Gasteiger partial charge in [0, 0.05) is 11.5 Å². The topological polar surface area (TPSA) is 26.3 Å². The van der Waals surface area contributed by atoms with Crippen molar-refractivity contribution in [2.75, 3.05) is 6.61 Å². The Labute approximate surface area is 107 Å². The molecular weight excluding hydrogens is 236 g/mol. The third kappa shape index (κ3) is 6.80. The monoisotopic (exact) mass is 252 g/mol. The van der Waals surface area contributed by atoms with Crippen LogP contribution in [-0.2, 0) is 9.53 Å². The largest absolute Gasteiger partial charge is 0.463 e. The lowest BCUT2D eigenvalue weighted by Crippen LogP contribution is -2.03. The smallest absolute Gasteiger partial charge is 0.330 e. The molecule has 92 valence electrons. The predicted octanol–water partition coefficient (Wildman–Crippen LogP) is 3.65. The average molecular weight is 253 g/mol. The number of carbonyl (C=O) groups is 1. The van der Waals surface area contributed by atoms with E-state index in [1.807, 2.05) is 37.3 Å². The van der Waals surface area contributed by atoms with Gasteiger partial charge in [-0.05, 0) is 31.4 Å². The molecule has 0 radical (unpaired) electrons. The Morgan fingerprint density at radius 2 is 2.12 bits per heavy atom. The lowest BCUT2D eigenvalue weighted by Gasteiger charge is -2.03. The molecule has 0 aliphatic rings. The molecule has 0 amide bonds. The van der Waals surface area contributed by atoms with Crippen molar-refractivity contribution in [2.24, 2.45) is 0 Å². The molecule has 0 heterocycles. The summed E-state index contributed by atoms with van der Waals surface area (Å²) in [5.74, 6) is -0.309. The molecule has 0 aliphatic carbocycles. The number of esters is 1. The standard InChI is InChI=1S/C14H17ClO2/c1-12(15)6-5-11-17-14(16)10-9-13-7-3-2-4-8-13/h2-4,7-10,12H,5-6,11H2,1H3/b10-9+. The number of rotatable bonds is 6. The van der Waals surface area contributed by atoms with Gasteiger partial charge in [-0.1, -0.05) is 30.3 Å². The second kappa shape index (κ2) is 7.91. The van der Waals surface area contributed by atoms with Crippen LogP contribution in [-0.4, -0.2) is 18.0 Å². The van der Waals surface area contributed by atoms with Gasteiger partial charge in [0.25, 0.3) is 0 Å². The van der Waals surface area contributed by atoms with Crippen LogP contribution in [0.5, 0.6) is 0 Å². The van der Waals surface area contributed by atoms with E-state index in [2.05, 4.69) is 0 Å². The van der Waals surface area contributed by atoms with Crippen LogP contribution < -0.4 is 0 Å². The number of carbonyl (C=O) groups excluding carboxylic acids is 1. The fraction of sp³-hybridized carbons (Fsp3) is 0.357. The van der Waals surface area contributed by atoms with E-state index in [4.69, 9.17) is 16.3 Å². The summed E-state index contributed by atoms with van der Waals surface area (Å²) in [6.07, 6.45) is 4.85. The number of halogens is 1. The zero-order chi connectivity index (χ0) is 12.5. The van der Waals surface area contributed by atoms with E-state index in [0.717, 1.165) is 18.4 Å². The van der Waals surface area contributed by atoms with Gasteiger partial charge in [0.1, 0.15) is 0 Å². The number of alkyl halides is 1. The second-order valence-corrected chi connectivity index (χ2v) is 4.58. The van der Waals surface area contributed by atoms with Crippen molar-refractivity contribution in [3.05, 3.63) is 42.0 Å². The Morgan fingerprint density at radius 3 is 2.76 bits per heavy atom. The van der Waals surface area contributed by atoms with Crippen LogP contribution >= 0.6 is 11.6 Å². The Balaban J connectivity index is 2.23. The molecule has 0 spiro atoms. The molecule has 1 unspecified atom stereocenters. The minimum atomic E-state index is -0.309. The van der Waals surface area contributed by atoms with Gasteiger partial charge in [-0.3, -0.25) is 0 Å². The Kier molecular flexibility index (Phi) is 6.41. The zero-order valence-electron chi connectivity index (χ0n) is 9.93. The summed E-state index contributed by atoms with van der Waals surface area (Å²) in [7, 11) is 0. The minimum Gasteiger partial charge on any atom is -0.463 e. The molecule has 0 aromatic heterocycles. The van der Waals surface area contributed by atoms with E-state index in [9.17, 15) is 4.79 Å². The van der Waals surface area contributed by atoms with E-state index in [1.54, 1.807) is 6.08 Å². The van der Waals surface area contributed by atoms with Crippen LogP contribution in [0.15, 0.2) is 36.4 Å². The van der Waals surface area contributed by atoms with Gasteiger partial charge >= 0.3 is 5.97 Å². The lowest BCUT2D eigenvalue weighted by atomic mass is 10.2. The number of ether oxygens (including phenoxy) is 1. The molecule has 1 rings (SSSR count). The van der Waals surface area contributed by atoms with Crippen LogP contribution in [0.1, 0.15) is 25.3 Å². The summed E-state index contributed by atoms with van der Waals surface area (Å²) < 4.78 is 5.03. The summed E-state index contributed by atoms with van der Waals surface area (Å²) in [5, 5.41) is 0.133. The van der Waals surface area contributed by atoms with Crippen molar-refractivity contribution in [3.63, 3.8) is 0 Å². The van der Waals surface area contributed by atoms with Gasteiger partial charge in [0.2, 0.25) is 0 Å². The first-order chi connectivity index (χ1) is 8.18. The summed E-state index contributed by atoms with van der Waals surface area (Å²) in [6, 6.07) is 9.64. The third-order valence-corrected chi connectivity index (χ3v) is 2.42. The first-order valence-electron chi connectivity index (χ1n) is 5.72. The van der Waals surface area contributed by atoms with E-state index in [0.29, 0.717) is 6.61 Å². The fourth-order valence-corrected chi connectivity index (χ4v) is 1.47. The zero-order valence-corrected chi connectivity index (χ0v) is 10.7. The molecule has 0 fully saturated rings. The lowest BCUT2D eigenvalue weighted by molar-refractivity contribution is -0.137. The highest BCUT2D eigenvalue weighted by molar-refractivity contribution is 6.20. The van der Waals surface area contributed by atoms with E-state index >= 15 is 0 Å². The highest BCUT2D eigenvalue weighted by Crippen LogP contribution is 2.04. The normalized spacial score (nSPS) is 12.6. The quantitative estimate of drug-likeness (QED) is 0.334. The molecule has 0 N–H and O–H groups in total. The number of benzene rings is 1. The van der Waals surface area contributed by atoms with Crippen molar-refractivity contribution < 1.29 is 9.53 Å². The van der Waals surface area contributed by atoms with Crippen LogP contribution in [0.3, 0.4) is 0 Å². The van der Waals surface area contributed by atoms with Gasteiger partial charge < -0.3 is 4.74 Å². The molecule has 1 aromatic rings. The molecule has 0 saturated carbocycles. The van der Waals surface area contributed by atoms with Gasteiger partial charge in [-0.25, -0.2) is 4.79 Å². The second-order valence-electron chi connectivity index (χ2n) is 3.83. The van der Waals surface area contributed by atoms with Crippen molar-refractivity contribution in [1.82, 2.24) is 0 Å². The van der Waals surface area contributed by atoms with Crippen molar-refractivity contribution in [1.29, 1.82) is 0 Å². The summed E-state index contributed by atoms with van der Waals surface area (Å²) in [5.41, 5.74) is 0.985. The maximum absolute atomic E-state index is 11.3. The molecule has 0 saturated heterocycles. The van der Waals surface area contributed by atoms with Crippen LogP contribution in [0.4, 0.5) is 0 Å². The maximum atomic E-state index is 11.3. The Hall–Kier alpha value is -1.28. The first kappa shape index (κ1) is 13.8.